The van der Waals surface area contributed by atoms with Gasteiger partial charge in [0.05, 0.1) is 18.0 Å². The SMILES string of the molecule is C#CCOc1cc(O[C@@H]2C[C@H](C(=O)OC)[C@@H](C)[C@H](OC(C)=O)[C@H]2OC(C)=O)ccc1COC(=O)Oc1ccc([N+](=O)[O-])cc1. The van der Waals surface area contributed by atoms with Crippen LogP contribution in [0.15, 0.2) is 42.5 Å². The molecule has 0 spiro atoms. The highest BCUT2D eigenvalue weighted by atomic mass is 16.7. The zero-order valence-electron chi connectivity index (χ0n) is 24.4. The van der Waals surface area contributed by atoms with E-state index < -0.39 is 59.1 Å². The Morgan fingerprint density at radius 2 is 1.64 bits per heavy atom. The second-order valence-corrected chi connectivity index (χ2v) is 9.68. The molecular formula is C30H31NO13. The van der Waals surface area contributed by atoms with E-state index in [-0.39, 0.29) is 42.6 Å². The topological polar surface area (TPSA) is 176 Å². The summed E-state index contributed by atoms with van der Waals surface area (Å²) >= 11 is 0. The number of rotatable bonds is 11. The van der Waals surface area contributed by atoms with Gasteiger partial charge >= 0.3 is 24.1 Å². The first kappa shape index (κ1) is 33.2. The standard InChI is InChI=1S/C30H31NO13/c1-6-13-39-25-14-23(10-7-20(25)16-40-30(35)44-22-11-8-21(9-12-22)31(36)37)43-26-15-24(29(34)38-5)17(2)27(41-18(3)32)28(26)42-19(4)33/h1,7-12,14,17,24,26-28H,13,15-16H2,2-5H3/t17-,24+,26-,27+,28+/m1/s1. The fourth-order valence-electron chi connectivity index (χ4n) is 4.67. The lowest BCUT2D eigenvalue weighted by molar-refractivity contribution is -0.384. The lowest BCUT2D eigenvalue weighted by Crippen LogP contribution is -2.56. The number of nitrogens with zero attached hydrogens (tertiary/aromatic N) is 1. The van der Waals surface area contributed by atoms with E-state index in [4.69, 9.17) is 39.6 Å². The largest absolute Gasteiger partial charge is 0.514 e. The number of ether oxygens (including phenoxy) is 7. The number of hydrogen-bond acceptors (Lipinski definition) is 13. The van der Waals surface area contributed by atoms with Crippen molar-refractivity contribution in [2.24, 2.45) is 11.8 Å². The highest BCUT2D eigenvalue weighted by Crippen LogP contribution is 2.38. The van der Waals surface area contributed by atoms with Crippen LogP contribution in [0.25, 0.3) is 0 Å². The minimum atomic E-state index is -1.08. The molecule has 0 saturated heterocycles. The number of terminal acetylenes is 1. The molecule has 3 rings (SSSR count). The van der Waals surface area contributed by atoms with Crippen molar-refractivity contribution in [3.05, 3.63) is 58.1 Å². The fourth-order valence-corrected chi connectivity index (χ4v) is 4.67. The molecule has 234 valence electrons. The number of hydrogen-bond donors (Lipinski definition) is 0. The molecule has 0 aliphatic heterocycles. The number of nitro benzene ring substituents is 1. The maximum Gasteiger partial charge on any atom is 0.514 e. The Labute approximate surface area is 252 Å². The first-order chi connectivity index (χ1) is 20.9. The predicted molar refractivity (Wildman–Crippen MR) is 149 cm³/mol. The molecule has 0 N–H and O–H groups in total. The van der Waals surface area contributed by atoms with Crippen LogP contribution in [-0.4, -0.2) is 61.0 Å². The van der Waals surface area contributed by atoms with Crippen molar-refractivity contribution in [2.45, 2.75) is 52.1 Å². The third-order valence-electron chi connectivity index (χ3n) is 6.67. The molecule has 14 heteroatoms. The number of benzene rings is 2. The second-order valence-electron chi connectivity index (χ2n) is 9.68. The molecule has 0 amide bonds. The molecule has 2 aromatic carbocycles. The average Bonchev–Trinajstić information content (AvgIpc) is 2.98. The predicted octanol–water partition coefficient (Wildman–Crippen LogP) is 3.76. The number of nitro groups is 1. The smallest absolute Gasteiger partial charge is 0.486 e. The Balaban J connectivity index is 1.81. The summed E-state index contributed by atoms with van der Waals surface area (Å²) in [7, 11) is 1.24. The molecule has 14 nitrogen and oxygen atoms in total. The van der Waals surface area contributed by atoms with Gasteiger partial charge < -0.3 is 33.2 Å². The first-order valence-electron chi connectivity index (χ1n) is 13.3. The van der Waals surface area contributed by atoms with Gasteiger partial charge in [0.25, 0.3) is 5.69 Å². The zero-order valence-corrected chi connectivity index (χ0v) is 24.4. The van der Waals surface area contributed by atoms with E-state index in [9.17, 15) is 29.3 Å². The molecule has 0 heterocycles. The summed E-state index contributed by atoms with van der Waals surface area (Å²) in [5, 5.41) is 10.8. The van der Waals surface area contributed by atoms with E-state index in [1.807, 2.05) is 0 Å². The molecule has 0 radical (unpaired) electrons. The summed E-state index contributed by atoms with van der Waals surface area (Å²) in [5.74, 6) is -0.342. The van der Waals surface area contributed by atoms with Gasteiger partial charge in [0, 0.05) is 49.9 Å². The van der Waals surface area contributed by atoms with Crippen LogP contribution in [-0.2, 0) is 39.9 Å². The van der Waals surface area contributed by atoms with E-state index in [1.165, 1.54) is 63.4 Å². The molecule has 1 aliphatic rings. The number of non-ortho nitro benzene ring substituents is 1. The summed E-state index contributed by atoms with van der Waals surface area (Å²) in [6.45, 7) is 3.65. The van der Waals surface area contributed by atoms with Crippen LogP contribution in [0.3, 0.4) is 0 Å². The maximum atomic E-state index is 12.6. The van der Waals surface area contributed by atoms with Gasteiger partial charge in [-0.1, -0.05) is 12.8 Å². The van der Waals surface area contributed by atoms with E-state index in [1.54, 1.807) is 6.92 Å². The molecule has 1 saturated carbocycles. The van der Waals surface area contributed by atoms with Gasteiger partial charge in [0.1, 0.15) is 42.7 Å². The lowest BCUT2D eigenvalue weighted by atomic mass is 9.75. The molecule has 5 atom stereocenters. The Bertz CT molecular complexity index is 1420. The molecule has 0 unspecified atom stereocenters. The minimum Gasteiger partial charge on any atom is -0.486 e. The average molecular weight is 614 g/mol. The van der Waals surface area contributed by atoms with Gasteiger partial charge in [-0.2, -0.15) is 0 Å². The quantitative estimate of drug-likeness (QED) is 0.0895. The summed E-state index contributed by atoms with van der Waals surface area (Å²) in [6, 6.07) is 9.38. The van der Waals surface area contributed by atoms with Crippen molar-refractivity contribution < 1.29 is 57.3 Å². The zero-order chi connectivity index (χ0) is 32.4. The highest BCUT2D eigenvalue weighted by molar-refractivity contribution is 5.73. The van der Waals surface area contributed by atoms with Gasteiger partial charge in [-0.25, -0.2) is 4.79 Å². The Morgan fingerprint density at radius 3 is 2.23 bits per heavy atom. The molecule has 1 aliphatic carbocycles. The van der Waals surface area contributed by atoms with Gasteiger partial charge in [-0.15, -0.1) is 6.42 Å². The van der Waals surface area contributed by atoms with E-state index in [0.29, 0.717) is 5.56 Å². The third kappa shape index (κ3) is 8.84. The second kappa shape index (κ2) is 15.2. The Hall–Kier alpha value is -5.32. The monoisotopic (exact) mass is 613 g/mol. The van der Waals surface area contributed by atoms with Crippen LogP contribution in [0.2, 0.25) is 0 Å². The highest BCUT2D eigenvalue weighted by Gasteiger charge is 2.50. The van der Waals surface area contributed by atoms with E-state index >= 15 is 0 Å². The molecular weight excluding hydrogens is 582 g/mol. The number of methoxy groups -OCH3 is 1. The normalized spacial score (nSPS) is 20.7. The molecule has 44 heavy (non-hydrogen) atoms. The third-order valence-corrected chi connectivity index (χ3v) is 6.67. The van der Waals surface area contributed by atoms with Crippen molar-refractivity contribution in [1.29, 1.82) is 0 Å². The first-order valence-corrected chi connectivity index (χ1v) is 13.3. The summed E-state index contributed by atoms with van der Waals surface area (Å²) < 4.78 is 38.0. The number of esters is 3. The van der Waals surface area contributed by atoms with Crippen LogP contribution in [0, 0.1) is 34.3 Å². The number of carbonyl (C=O) groups excluding carboxylic acids is 4. The van der Waals surface area contributed by atoms with Crippen LogP contribution in [0.1, 0.15) is 32.8 Å². The van der Waals surface area contributed by atoms with Crippen molar-refractivity contribution in [3.63, 3.8) is 0 Å². The van der Waals surface area contributed by atoms with E-state index in [0.717, 1.165) is 0 Å². The molecule has 2 aromatic rings. The maximum absolute atomic E-state index is 12.6. The van der Waals surface area contributed by atoms with Crippen LogP contribution in [0.4, 0.5) is 10.5 Å². The van der Waals surface area contributed by atoms with Crippen LogP contribution >= 0.6 is 0 Å². The minimum absolute atomic E-state index is 0.0367. The Kier molecular flexibility index (Phi) is 11.5. The molecule has 1 fully saturated rings. The van der Waals surface area contributed by atoms with Crippen molar-refractivity contribution in [2.75, 3.05) is 13.7 Å². The fraction of sp³-hybridized carbons (Fsp3) is 0.400. The van der Waals surface area contributed by atoms with Gasteiger partial charge in [0.15, 0.2) is 6.10 Å². The Morgan fingerprint density at radius 1 is 1.00 bits per heavy atom. The van der Waals surface area contributed by atoms with Crippen LogP contribution in [0.5, 0.6) is 17.2 Å². The van der Waals surface area contributed by atoms with Gasteiger partial charge in [-0.05, 0) is 24.3 Å². The van der Waals surface area contributed by atoms with Crippen molar-refractivity contribution in [3.8, 4) is 29.6 Å². The van der Waals surface area contributed by atoms with Crippen molar-refractivity contribution >= 4 is 29.8 Å². The van der Waals surface area contributed by atoms with Gasteiger partial charge in [0.2, 0.25) is 0 Å². The van der Waals surface area contributed by atoms with Crippen molar-refractivity contribution in [1.82, 2.24) is 0 Å². The number of carbonyl (C=O) groups is 4. The van der Waals surface area contributed by atoms with Crippen LogP contribution < -0.4 is 14.2 Å². The summed E-state index contributed by atoms with van der Waals surface area (Å²) in [6.07, 6.45) is 1.34. The molecule has 0 aromatic heterocycles. The summed E-state index contributed by atoms with van der Waals surface area (Å²) in [4.78, 5) is 58.9. The molecule has 0 bridgehead atoms. The van der Waals surface area contributed by atoms with E-state index in [2.05, 4.69) is 5.92 Å². The van der Waals surface area contributed by atoms with Gasteiger partial charge in [-0.3, -0.25) is 24.5 Å². The lowest BCUT2D eigenvalue weighted by Gasteiger charge is -2.43. The summed E-state index contributed by atoms with van der Waals surface area (Å²) in [5.41, 5.74) is 0.209.